The van der Waals surface area contributed by atoms with E-state index in [1.807, 2.05) is 0 Å². The van der Waals surface area contributed by atoms with Crippen LogP contribution >= 0.6 is 0 Å². The lowest BCUT2D eigenvalue weighted by molar-refractivity contribution is 0.0389. The van der Waals surface area contributed by atoms with Crippen LogP contribution < -0.4 is 4.72 Å². The molecule has 0 unspecified atom stereocenters. The number of methoxy groups -OCH3 is 1. The van der Waals surface area contributed by atoms with Gasteiger partial charge in [0.1, 0.15) is 6.61 Å². The number of nitrogens with one attached hydrogen (secondary N) is 1. The first-order valence-electron chi connectivity index (χ1n) is 7.45. The van der Waals surface area contributed by atoms with E-state index in [0.717, 1.165) is 16.5 Å². The molecule has 0 saturated carbocycles. The molecule has 26 heavy (non-hydrogen) atoms. The molecule has 11 heteroatoms. The highest BCUT2D eigenvalue weighted by atomic mass is 32.2. The number of rotatable bonds is 7. The quantitative estimate of drug-likeness (QED) is 0.538. The Labute approximate surface area is 152 Å². The fourth-order valence-corrected chi connectivity index (χ4v) is 4.30. The lowest BCUT2D eigenvalue weighted by atomic mass is 10.1. The highest BCUT2D eigenvalue weighted by Gasteiger charge is 2.25. The van der Waals surface area contributed by atoms with Crippen LogP contribution in [0.1, 0.15) is 16.1 Å². The lowest BCUT2D eigenvalue weighted by Crippen LogP contribution is -2.14. The molecule has 0 aliphatic carbocycles. The zero-order valence-electron chi connectivity index (χ0n) is 14.8. The van der Waals surface area contributed by atoms with Crippen molar-refractivity contribution in [1.29, 1.82) is 0 Å². The third-order valence-electron chi connectivity index (χ3n) is 3.51. The van der Waals surface area contributed by atoms with Crippen LogP contribution in [0.25, 0.3) is 10.9 Å². The molecule has 1 heterocycles. The molecule has 0 atom stereocenters. The number of aromatic nitrogens is 1. The second-order valence-electron chi connectivity index (χ2n) is 5.72. The van der Waals surface area contributed by atoms with Crippen LogP contribution in [0.4, 0.5) is 5.69 Å². The van der Waals surface area contributed by atoms with Crippen molar-refractivity contribution in [2.75, 3.05) is 37.6 Å². The maximum Gasteiger partial charge on any atom is 0.340 e. The molecule has 0 fully saturated rings. The summed E-state index contributed by atoms with van der Waals surface area (Å²) in [6, 6.07) is 4.26. The third kappa shape index (κ3) is 4.34. The molecule has 2 rings (SSSR count). The number of hydrogen-bond donors (Lipinski definition) is 1. The van der Waals surface area contributed by atoms with E-state index in [1.165, 1.54) is 32.2 Å². The summed E-state index contributed by atoms with van der Waals surface area (Å²) >= 11 is 0. The van der Waals surface area contributed by atoms with Crippen LogP contribution in [0.15, 0.2) is 18.2 Å². The van der Waals surface area contributed by atoms with Crippen LogP contribution in [-0.2, 0) is 29.5 Å². The van der Waals surface area contributed by atoms with E-state index in [0.29, 0.717) is 0 Å². The minimum absolute atomic E-state index is 0.00159. The Hall–Kier alpha value is -2.11. The van der Waals surface area contributed by atoms with Crippen molar-refractivity contribution in [1.82, 2.24) is 3.97 Å². The van der Waals surface area contributed by atoms with Gasteiger partial charge in [-0.3, -0.25) is 4.72 Å². The van der Waals surface area contributed by atoms with E-state index in [1.54, 1.807) is 0 Å². The summed E-state index contributed by atoms with van der Waals surface area (Å²) in [5.74, 6) is -0.719. The standard InChI is InChI=1S/C15H20N2O7S2/c1-10-14(15(18)24-8-7-23-2)12-9-11(16-25(3,19)20)5-6-13(12)17(10)26(4,21)22/h5-6,9,16H,7-8H2,1-4H3. The van der Waals surface area contributed by atoms with Gasteiger partial charge in [-0.15, -0.1) is 0 Å². The van der Waals surface area contributed by atoms with Gasteiger partial charge >= 0.3 is 5.97 Å². The molecule has 144 valence electrons. The number of sulfonamides is 1. The predicted octanol–water partition coefficient (Wildman–Crippen LogP) is 0.932. The number of benzene rings is 1. The van der Waals surface area contributed by atoms with Gasteiger partial charge in [0, 0.05) is 23.9 Å². The largest absolute Gasteiger partial charge is 0.460 e. The molecule has 2 aromatic rings. The minimum atomic E-state index is -3.70. The second kappa shape index (κ2) is 7.25. The topological polar surface area (TPSA) is 121 Å². The highest BCUT2D eigenvalue weighted by molar-refractivity contribution is 7.92. The fourth-order valence-electron chi connectivity index (χ4n) is 2.64. The molecule has 0 amide bonds. The molecule has 1 aromatic heterocycles. The maximum absolute atomic E-state index is 12.5. The van der Waals surface area contributed by atoms with Gasteiger partial charge in [0.25, 0.3) is 0 Å². The van der Waals surface area contributed by atoms with E-state index < -0.39 is 26.0 Å². The zero-order valence-corrected chi connectivity index (χ0v) is 16.4. The van der Waals surface area contributed by atoms with Gasteiger partial charge in [0.2, 0.25) is 20.0 Å². The van der Waals surface area contributed by atoms with E-state index in [-0.39, 0.29) is 41.1 Å². The maximum atomic E-state index is 12.5. The van der Waals surface area contributed by atoms with Crippen molar-refractivity contribution in [3.63, 3.8) is 0 Å². The highest BCUT2D eigenvalue weighted by Crippen LogP contribution is 2.30. The molecule has 0 saturated heterocycles. The molecule has 1 aromatic carbocycles. The van der Waals surface area contributed by atoms with Crippen LogP contribution in [0.5, 0.6) is 0 Å². The molecule has 0 spiro atoms. The smallest absolute Gasteiger partial charge is 0.340 e. The number of ether oxygens (including phenoxy) is 2. The van der Waals surface area contributed by atoms with Gasteiger partial charge < -0.3 is 9.47 Å². The second-order valence-corrected chi connectivity index (χ2v) is 9.30. The number of carbonyl (C=O) groups excluding carboxylic acids is 1. The van der Waals surface area contributed by atoms with Crippen molar-refractivity contribution < 1.29 is 31.1 Å². The Morgan fingerprint density at radius 2 is 1.81 bits per heavy atom. The summed E-state index contributed by atoms with van der Waals surface area (Å²) in [5.41, 5.74) is 0.694. The van der Waals surface area contributed by atoms with Gasteiger partial charge in [-0.2, -0.15) is 0 Å². The minimum Gasteiger partial charge on any atom is -0.460 e. The van der Waals surface area contributed by atoms with Gasteiger partial charge in [-0.05, 0) is 25.1 Å². The van der Waals surface area contributed by atoms with Crippen LogP contribution in [-0.4, -0.2) is 59.6 Å². The summed E-state index contributed by atoms with van der Waals surface area (Å²) in [6.07, 6.45) is 2.01. The molecule has 9 nitrogen and oxygen atoms in total. The molecule has 0 aliphatic rings. The molecular weight excluding hydrogens is 384 g/mol. The molecule has 1 N–H and O–H groups in total. The molecule has 0 radical (unpaired) electrons. The van der Waals surface area contributed by atoms with Gasteiger partial charge in [-0.25, -0.2) is 25.6 Å². The van der Waals surface area contributed by atoms with Crippen LogP contribution in [0.3, 0.4) is 0 Å². The van der Waals surface area contributed by atoms with Crippen molar-refractivity contribution in [3.8, 4) is 0 Å². The number of esters is 1. The molecule has 0 aliphatic heterocycles. The average Bonchev–Trinajstić information content (AvgIpc) is 2.76. The van der Waals surface area contributed by atoms with E-state index >= 15 is 0 Å². The number of fused-ring (bicyclic) bond motifs is 1. The van der Waals surface area contributed by atoms with E-state index in [9.17, 15) is 21.6 Å². The van der Waals surface area contributed by atoms with E-state index in [2.05, 4.69) is 4.72 Å². The first-order chi connectivity index (χ1) is 12.0. The fraction of sp³-hybridized carbons (Fsp3) is 0.400. The number of anilines is 1. The summed E-state index contributed by atoms with van der Waals surface area (Å²) in [4.78, 5) is 12.5. The monoisotopic (exact) mass is 404 g/mol. The first kappa shape index (κ1) is 20.2. The van der Waals surface area contributed by atoms with Gasteiger partial charge in [0.05, 0.1) is 30.2 Å². The predicted molar refractivity (Wildman–Crippen MR) is 97.5 cm³/mol. The Bertz CT molecular complexity index is 1050. The third-order valence-corrected chi connectivity index (χ3v) is 5.25. The number of hydrogen-bond acceptors (Lipinski definition) is 7. The Kier molecular flexibility index (Phi) is 5.64. The summed E-state index contributed by atoms with van der Waals surface area (Å²) in [7, 11) is -5.78. The van der Waals surface area contributed by atoms with Crippen molar-refractivity contribution in [3.05, 3.63) is 29.5 Å². The average molecular weight is 404 g/mol. The molecular formula is C15H20N2O7S2. The van der Waals surface area contributed by atoms with Crippen molar-refractivity contribution in [2.24, 2.45) is 0 Å². The summed E-state index contributed by atoms with van der Waals surface area (Å²) < 4.78 is 60.5. The SMILES string of the molecule is COCCOC(=O)c1c(C)n(S(C)(=O)=O)c2ccc(NS(C)(=O)=O)cc12. The number of nitrogens with zero attached hydrogens (tertiary/aromatic N) is 1. The van der Waals surface area contributed by atoms with E-state index in [4.69, 9.17) is 9.47 Å². The van der Waals surface area contributed by atoms with Gasteiger partial charge in [0.15, 0.2) is 0 Å². The normalized spacial score (nSPS) is 12.3. The van der Waals surface area contributed by atoms with Crippen LogP contribution in [0.2, 0.25) is 0 Å². The van der Waals surface area contributed by atoms with Crippen LogP contribution in [0, 0.1) is 6.92 Å². The summed E-state index contributed by atoms with van der Waals surface area (Å²) in [6.45, 7) is 1.68. The van der Waals surface area contributed by atoms with Crippen molar-refractivity contribution >= 4 is 42.6 Å². The Morgan fingerprint density at radius 3 is 2.35 bits per heavy atom. The molecule has 0 bridgehead atoms. The zero-order chi connectivity index (χ0) is 19.7. The lowest BCUT2D eigenvalue weighted by Gasteiger charge is -2.06. The van der Waals surface area contributed by atoms with Gasteiger partial charge in [-0.1, -0.05) is 0 Å². The Balaban J connectivity index is 2.69. The van der Waals surface area contributed by atoms with Crippen molar-refractivity contribution in [2.45, 2.75) is 6.92 Å². The summed E-state index contributed by atoms with van der Waals surface area (Å²) in [5, 5.41) is 0.268. The Morgan fingerprint density at radius 1 is 1.15 bits per heavy atom. The number of carbonyl (C=O) groups is 1. The first-order valence-corrected chi connectivity index (χ1v) is 11.2.